The van der Waals surface area contributed by atoms with Crippen LogP contribution in [0.25, 0.3) is 0 Å². The van der Waals surface area contributed by atoms with Crippen molar-refractivity contribution >= 4 is 5.91 Å². The number of rotatable bonds is 7. The van der Waals surface area contributed by atoms with Gasteiger partial charge in [-0.3, -0.25) is 4.79 Å². The van der Waals surface area contributed by atoms with Gasteiger partial charge in [-0.2, -0.15) is 0 Å². The van der Waals surface area contributed by atoms with Gasteiger partial charge in [0.15, 0.2) is 11.5 Å². The lowest BCUT2D eigenvalue weighted by atomic mass is 9.84. The molecule has 0 spiro atoms. The minimum absolute atomic E-state index is 0.0123. The van der Waals surface area contributed by atoms with Crippen molar-refractivity contribution in [1.82, 2.24) is 5.32 Å². The highest BCUT2D eigenvalue weighted by atomic mass is 16.5. The van der Waals surface area contributed by atoms with E-state index in [1.54, 1.807) is 14.2 Å². The third-order valence-electron chi connectivity index (χ3n) is 4.63. The van der Waals surface area contributed by atoms with Crippen LogP contribution in [-0.2, 0) is 11.2 Å². The summed E-state index contributed by atoms with van der Waals surface area (Å²) in [7, 11) is 3.19. The van der Waals surface area contributed by atoms with Gasteiger partial charge in [-0.15, -0.1) is 0 Å². The second-order valence-electron chi connectivity index (χ2n) is 6.17. The molecule has 1 unspecified atom stereocenters. The molecule has 1 atom stereocenters. The number of carbonyl (C=O) groups excluding carboxylic acids is 1. The van der Waals surface area contributed by atoms with Crippen LogP contribution in [0.5, 0.6) is 11.5 Å². The molecule has 0 bridgehead atoms. The van der Waals surface area contributed by atoms with E-state index in [0.717, 1.165) is 5.56 Å². The number of hydrogen-bond donors (Lipinski definition) is 2. The summed E-state index contributed by atoms with van der Waals surface area (Å²) in [5.41, 5.74) is 6.78. The van der Waals surface area contributed by atoms with Crippen LogP contribution in [-0.4, -0.2) is 32.7 Å². The molecule has 1 saturated carbocycles. The number of benzene rings is 1. The van der Waals surface area contributed by atoms with Gasteiger partial charge < -0.3 is 20.5 Å². The van der Waals surface area contributed by atoms with Crippen molar-refractivity contribution in [3.63, 3.8) is 0 Å². The molecule has 1 fully saturated rings. The fraction of sp³-hybridized carbons (Fsp3) is 0.611. The molecule has 0 aromatic heterocycles. The molecule has 2 rings (SSSR count). The Bertz CT molecular complexity index is 513. The van der Waals surface area contributed by atoms with Crippen LogP contribution in [0.1, 0.15) is 37.7 Å². The molecule has 0 aliphatic heterocycles. The van der Waals surface area contributed by atoms with Gasteiger partial charge in [0.25, 0.3) is 0 Å². The average Bonchev–Trinajstić information content (AvgIpc) is 2.60. The number of hydrogen-bond acceptors (Lipinski definition) is 4. The van der Waals surface area contributed by atoms with Gasteiger partial charge in [-0.05, 0) is 36.5 Å². The van der Waals surface area contributed by atoms with Gasteiger partial charge in [-0.25, -0.2) is 0 Å². The molecule has 1 aliphatic rings. The molecular weight excluding hydrogens is 292 g/mol. The van der Waals surface area contributed by atoms with Crippen LogP contribution in [0.4, 0.5) is 0 Å². The molecule has 0 radical (unpaired) electrons. The van der Waals surface area contributed by atoms with Crippen molar-refractivity contribution < 1.29 is 14.3 Å². The topological polar surface area (TPSA) is 73.6 Å². The number of carbonyl (C=O) groups is 1. The third-order valence-corrected chi connectivity index (χ3v) is 4.63. The molecule has 5 nitrogen and oxygen atoms in total. The zero-order valence-corrected chi connectivity index (χ0v) is 14.1. The summed E-state index contributed by atoms with van der Waals surface area (Å²) in [6.45, 7) is 0.502. The normalized spacial score (nSPS) is 16.7. The summed E-state index contributed by atoms with van der Waals surface area (Å²) < 4.78 is 10.5. The number of amides is 1. The van der Waals surface area contributed by atoms with Crippen molar-refractivity contribution in [3.8, 4) is 11.5 Å². The minimum Gasteiger partial charge on any atom is -0.493 e. The molecule has 128 valence electrons. The predicted molar refractivity (Wildman–Crippen MR) is 90.8 cm³/mol. The van der Waals surface area contributed by atoms with E-state index >= 15 is 0 Å². The zero-order valence-electron chi connectivity index (χ0n) is 14.1. The summed E-state index contributed by atoms with van der Waals surface area (Å²) in [6.07, 6.45) is 6.44. The molecule has 1 aliphatic carbocycles. The summed E-state index contributed by atoms with van der Waals surface area (Å²) in [4.78, 5) is 12.3. The molecule has 0 saturated heterocycles. The molecule has 23 heavy (non-hydrogen) atoms. The quantitative estimate of drug-likeness (QED) is 0.808. The second-order valence-corrected chi connectivity index (χ2v) is 6.17. The Balaban J connectivity index is 1.95. The van der Waals surface area contributed by atoms with E-state index in [4.69, 9.17) is 15.2 Å². The molecule has 1 amide bonds. The first kappa shape index (κ1) is 17.6. The summed E-state index contributed by atoms with van der Waals surface area (Å²) in [5, 5.41) is 3.11. The van der Waals surface area contributed by atoms with Gasteiger partial charge in [0, 0.05) is 12.6 Å². The van der Waals surface area contributed by atoms with Crippen LogP contribution >= 0.6 is 0 Å². The monoisotopic (exact) mass is 320 g/mol. The van der Waals surface area contributed by atoms with E-state index in [-0.39, 0.29) is 11.9 Å². The van der Waals surface area contributed by atoms with Crippen LogP contribution < -0.4 is 20.5 Å². The Morgan fingerprint density at radius 2 is 1.91 bits per heavy atom. The smallest absolute Gasteiger partial charge is 0.224 e. The average molecular weight is 320 g/mol. The van der Waals surface area contributed by atoms with Gasteiger partial charge in [0.05, 0.1) is 20.6 Å². The molecule has 3 N–H and O–H groups in total. The Morgan fingerprint density at radius 3 is 2.52 bits per heavy atom. The lowest BCUT2D eigenvalue weighted by molar-refractivity contribution is -0.121. The van der Waals surface area contributed by atoms with Crippen LogP contribution in [0.15, 0.2) is 18.2 Å². The Morgan fingerprint density at radius 1 is 1.22 bits per heavy atom. The summed E-state index contributed by atoms with van der Waals surface area (Å²) in [6, 6.07) is 5.64. The molecule has 5 heteroatoms. The first-order valence-electron chi connectivity index (χ1n) is 8.38. The lowest BCUT2D eigenvalue weighted by Crippen LogP contribution is -2.46. The van der Waals surface area contributed by atoms with E-state index in [1.807, 2.05) is 18.2 Å². The number of nitrogens with two attached hydrogens (primary N) is 1. The first-order valence-corrected chi connectivity index (χ1v) is 8.38. The second kappa shape index (κ2) is 8.77. The summed E-state index contributed by atoms with van der Waals surface area (Å²) in [5.74, 6) is 1.83. The third kappa shape index (κ3) is 4.86. The highest BCUT2D eigenvalue weighted by molar-refractivity contribution is 5.79. The van der Waals surface area contributed by atoms with Gasteiger partial charge >= 0.3 is 0 Å². The maximum Gasteiger partial charge on any atom is 0.224 e. The summed E-state index contributed by atoms with van der Waals surface area (Å²) >= 11 is 0. The number of ether oxygens (including phenoxy) is 2. The standard InChI is InChI=1S/C18H28N2O3/c1-22-16-9-8-13(10-17(16)23-2)11-18(21)20-15(12-19)14-6-4-3-5-7-14/h8-10,14-15H,3-7,11-12,19H2,1-2H3,(H,20,21). The zero-order chi connectivity index (χ0) is 16.7. The predicted octanol–water partition coefficient (Wildman–Crippen LogP) is 2.27. The minimum atomic E-state index is 0.0123. The van der Waals surface area contributed by atoms with Crippen LogP contribution in [0, 0.1) is 5.92 Å². The van der Waals surface area contributed by atoms with Crippen LogP contribution in [0.3, 0.4) is 0 Å². The van der Waals surface area contributed by atoms with Crippen molar-refractivity contribution in [2.75, 3.05) is 20.8 Å². The first-order chi connectivity index (χ1) is 11.2. The molecule has 1 aromatic carbocycles. The molecular formula is C18H28N2O3. The molecule has 0 heterocycles. The van der Waals surface area contributed by atoms with Crippen molar-refractivity contribution in [2.24, 2.45) is 11.7 Å². The largest absolute Gasteiger partial charge is 0.493 e. The Labute approximate surface area is 138 Å². The SMILES string of the molecule is COc1ccc(CC(=O)NC(CN)C2CCCCC2)cc1OC. The number of methoxy groups -OCH3 is 2. The Hall–Kier alpha value is -1.75. The van der Waals surface area contributed by atoms with E-state index in [0.29, 0.717) is 30.4 Å². The molecule has 1 aromatic rings. The van der Waals surface area contributed by atoms with Crippen molar-refractivity contribution in [3.05, 3.63) is 23.8 Å². The maximum absolute atomic E-state index is 12.3. The van der Waals surface area contributed by atoms with Gasteiger partial charge in [0.2, 0.25) is 5.91 Å². The Kier molecular flexibility index (Phi) is 6.71. The van der Waals surface area contributed by atoms with Crippen molar-refractivity contribution in [1.29, 1.82) is 0 Å². The van der Waals surface area contributed by atoms with E-state index < -0.39 is 0 Å². The van der Waals surface area contributed by atoms with E-state index in [1.165, 1.54) is 32.1 Å². The number of nitrogens with one attached hydrogen (secondary N) is 1. The van der Waals surface area contributed by atoms with Gasteiger partial charge in [-0.1, -0.05) is 25.3 Å². The highest BCUT2D eigenvalue weighted by Gasteiger charge is 2.24. The fourth-order valence-electron chi connectivity index (χ4n) is 3.34. The van der Waals surface area contributed by atoms with Gasteiger partial charge in [0.1, 0.15) is 0 Å². The lowest BCUT2D eigenvalue weighted by Gasteiger charge is -2.30. The highest BCUT2D eigenvalue weighted by Crippen LogP contribution is 2.28. The maximum atomic E-state index is 12.3. The van der Waals surface area contributed by atoms with Crippen LogP contribution in [0.2, 0.25) is 0 Å². The van der Waals surface area contributed by atoms with E-state index in [2.05, 4.69) is 5.32 Å². The van der Waals surface area contributed by atoms with E-state index in [9.17, 15) is 4.79 Å². The fourth-order valence-corrected chi connectivity index (χ4v) is 3.34. The van der Waals surface area contributed by atoms with Crippen molar-refractivity contribution in [2.45, 2.75) is 44.6 Å².